The summed E-state index contributed by atoms with van der Waals surface area (Å²) in [6.45, 7) is 6.25. The second-order valence-corrected chi connectivity index (χ2v) is 13.5. The van der Waals surface area contributed by atoms with Gasteiger partial charge in [0.05, 0.1) is 0 Å². The second kappa shape index (κ2) is 18.6. The summed E-state index contributed by atoms with van der Waals surface area (Å²) < 4.78 is 5.23. The summed E-state index contributed by atoms with van der Waals surface area (Å²) in [5.74, 6) is -1.67. The summed E-state index contributed by atoms with van der Waals surface area (Å²) in [5.41, 5.74) is 0.445. The topological polar surface area (TPSA) is 154 Å². The lowest BCUT2D eigenvalue weighted by molar-refractivity contribution is -0.139. The molecule has 11 heteroatoms. The average molecular weight is 643 g/mol. The summed E-state index contributed by atoms with van der Waals surface area (Å²) >= 11 is 0. The minimum atomic E-state index is -1.38. The van der Waals surface area contributed by atoms with Gasteiger partial charge in [0, 0.05) is 36.2 Å². The molecule has 1 aromatic carbocycles. The van der Waals surface area contributed by atoms with Crippen molar-refractivity contribution in [1.29, 1.82) is 0 Å². The Hall–Kier alpha value is -3.47. The number of aliphatic hydroxyl groups excluding tert-OH is 1. The van der Waals surface area contributed by atoms with Crippen molar-refractivity contribution >= 4 is 35.4 Å². The van der Waals surface area contributed by atoms with E-state index in [0.717, 1.165) is 43.4 Å². The molecule has 4 N–H and O–H groups in total. The fraction of sp³-hybridized carbons (Fsp3) is 0.686. The number of hydrogen-bond donors (Lipinski definition) is 4. The normalized spacial score (nSPS) is 17.9. The number of amides is 5. The number of carbonyl (C=O) groups is 5. The number of nitrogens with one attached hydrogen (secondary N) is 3. The maximum Gasteiger partial charge on any atom is 0.407 e. The highest BCUT2D eigenvalue weighted by Gasteiger charge is 2.45. The van der Waals surface area contributed by atoms with E-state index in [1.54, 1.807) is 18.2 Å². The molecular formula is C35H54N4O7. The number of rotatable bonds is 19. The van der Waals surface area contributed by atoms with Crippen molar-refractivity contribution in [2.75, 3.05) is 11.9 Å². The van der Waals surface area contributed by atoms with E-state index in [0.29, 0.717) is 18.7 Å². The molecule has 0 aromatic heterocycles. The Bertz CT molecular complexity index is 1200. The Kier molecular flexibility index (Phi) is 15.0. The summed E-state index contributed by atoms with van der Waals surface area (Å²) in [6, 6.07) is 3.92. The summed E-state index contributed by atoms with van der Waals surface area (Å²) in [7, 11) is 0. The third kappa shape index (κ3) is 12.0. The number of fused-ring (bicyclic) bond motifs is 1. The van der Waals surface area contributed by atoms with E-state index in [1.165, 1.54) is 51.4 Å². The number of carbonyl (C=O) groups excluding carboxylic acids is 5. The zero-order chi connectivity index (χ0) is 33.5. The van der Waals surface area contributed by atoms with Crippen LogP contribution in [0.3, 0.4) is 0 Å². The van der Waals surface area contributed by atoms with Crippen LogP contribution in [0, 0.1) is 0 Å². The van der Waals surface area contributed by atoms with Gasteiger partial charge < -0.3 is 20.5 Å². The van der Waals surface area contributed by atoms with Gasteiger partial charge in [0.15, 0.2) is 6.23 Å². The van der Waals surface area contributed by atoms with Crippen LogP contribution in [0.1, 0.15) is 152 Å². The number of unbranched alkanes of at least 4 members (excludes halogenated alkanes) is 13. The standard InChI is InChI=1S/C35H54N4O7/c1-35(2,3)46-34(45)36-24-17-15-13-11-9-7-5-4-6-8-10-12-14-16-21-28(40)37-26-20-18-19-25-30(26)33(44)39(32(25)43)27-22-23-29(41)38-31(27)42/h18-20,27,33,44H,4-17,21-24H2,1-3H3,(H,36,45)(H,37,40)(H,38,41,42). The Balaban J connectivity index is 1.18. The number of anilines is 1. The predicted molar refractivity (Wildman–Crippen MR) is 176 cm³/mol. The van der Waals surface area contributed by atoms with Crippen molar-refractivity contribution < 1.29 is 33.8 Å². The molecule has 0 radical (unpaired) electrons. The van der Waals surface area contributed by atoms with Crippen LogP contribution in [0.25, 0.3) is 0 Å². The van der Waals surface area contributed by atoms with Gasteiger partial charge in [-0.1, -0.05) is 83.1 Å². The first-order valence-corrected chi connectivity index (χ1v) is 17.2. The van der Waals surface area contributed by atoms with Gasteiger partial charge in [-0.2, -0.15) is 0 Å². The molecule has 5 amide bonds. The number of piperidine rings is 1. The van der Waals surface area contributed by atoms with E-state index in [-0.39, 0.29) is 36.0 Å². The molecule has 2 aliphatic heterocycles. The highest BCUT2D eigenvalue weighted by Crippen LogP contribution is 2.39. The average Bonchev–Trinajstić information content (AvgIpc) is 3.23. The van der Waals surface area contributed by atoms with Gasteiger partial charge in [-0.05, 0) is 52.2 Å². The van der Waals surface area contributed by atoms with E-state index in [9.17, 15) is 29.1 Å². The number of hydrogen-bond acceptors (Lipinski definition) is 7. The van der Waals surface area contributed by atoms with Gasteiger partial charge >= 0.3 is 6.09 Å². The third-order valence-corrected chi connectivity index (χ3v) is 8.41. The van der Waals surface area contributed by atoms with Crippen LogP contribution < -0.4 is 16.0 Å². The zero-order valence-corrected chi connectivity index (χ0v) is 28.0. The number of imide groups is 1. The van der Waals surface area contributed by atoms with E-state index < -0.39 is 35.6 Å². The molecule has 3 rings (SSSR count). The first-order chi connectivity index (χ1) is 22.0. The lowest BCUT2D eigenvalue weighted by Crippen LogP contribution is -2.53. The molecular weight excluding hydrogens is 588 g/mol. The Morgan fingerprint density at radius 3 is 2.02 bits per heavy atom. The molecule has 0 aliphatic carbocycles. The van der Waals surface area contributed by atoms with Crippen LogP contribution in [-0.2, 0) is 19.1 Å². The van der Waals surface area contributed by atoms with Crippen LogP contribution in [-0.4, -0.2) is 57.9 Å². The van der Waals surface area contributed by atoms with Crippen molar-refractivity contribution in [3.05, 3.63) is 29.3 Å². The molecule has 1 saturated heterocycles. The number of benzene rings is 1. The molecule has 1 fully saturated rings. The SMILES string of the molecule is CC(C)(C)OC(=O)NCCCCCCCCCCCCCCCCC(=O)Nc1cccc2c1C(O)N(C1CCC(=O)NC1=O)C2=O. The molecule has 46 heavy (non-hydrogen) atoms. The van der Waals surface area contributed by atoms with Crippen molar-refractivity contribution in [3.63, 3.8) is 0 Å². The number of nitrogens with zero attached hydrogens (tertiary/aromatic N) is 1. The van der Waals surface area contributed by atoms with E-state index in [1.807, 2.05) is 20.8 Å². The minimum Gasteiger partial charge on any atom is -0.444 e. The van der Waals surface area contributed by atoms with Gasteiger partial charge in [0.1, 0.15) is 11.6 Å². The monoisotopic (exact) mass is 642 g/mol. The first-order valence-electron chi connectivity index (χ1n) is 17.2. The van der Waals surface area contributed by atoms with Crippen LogP contribution in [0.5, 0.6) is 0 Å². The molecule has 2 atom stereocenters. The van der Waals surface area contributed by atoms with Gasteiger partial charge in [-0.15, -0.1) is 0 Å². The number of aliphatic hydroxyl groups is 1. The van der Waals surface area contributed by atoms with Gasteiger partial charge in [-0.25, -0.2) is 4.79 Å². The van der Waals surface area contributed by atoms with E-state index in [4.69, 9.17) is 4.74 Å². The minimum absolute atomic E-state index is 0.0914. The zero-order valence-electron chi connectivity index (χ0n) is 28.0. The highest BCUT2D eigenvalue weighted by atomic mass is 16.6. The summed E-state index contributed by atoms with van der Waals surface area (Å²) in [4.78, 5) is 62.3. The van der Waals surface area contributed by atoms with Gasteiger partial charge in [0.2, 0.25) is 17.7 Å². The predicted octanol–water partition coefficient (Wildman–Crippen LogP) is 6.25. The van der Waals surface area contributed by atoms with Crippen LogP contribution in [0.2, 0.25) is 0 Å². The van der Waals surface area contributed by atoms with Crippen molar-refractivity contribution in [3.8, 4) is 0 Å². The Labute approximate surface area is 273 Å². The lowest BCUT2D eigenvalue weighted by atomic mass is 10.0. The maximum absolute atomic E-state index is 13.0. The molecule has 2 aliphatic rings. The maximum atomic E-state index is 13.0. The van der Waals surface area contributed by atoms with Crippen molar-refractivity contribution in [1.82, 2.24) is 15.5 Å². The third-order valence-electron chi connectivity index (χ3n) is 8.41. The molecule has 0 spiro atoms. The first kappa shape index (κ1) is 37.0. The molecule has 1 aromatic rings. The smallest absolute Gasteiger partial charge is 0.407 e. The van der Waals surface area contributed by atoms with Gasteiger partial charge in [0.25, 0.3) is 5.91 Å². The summed E-state index contributed by atoms with van der Waals surface area (Å²) in [5, 5.41) is 18.9. The van der Waals surface area contributed by atoms with Crippen molar-refractivity contribution in [2.45, 2.75) is 148 Å². The quantitative estimate of drug-likeness (QED) is 0.103. The largest absolute Gasteiger partial charge is 0.444 e. The summed E-state index contributed by atoms with van der Waals surface area (Å²) in [6.07, 6.45) is 14.9. The Morgan fingerprint density at radius 1 is 0.891 bits per heavy atom. The number of ether oxygens (including phenoxy) is 1. The van der Waals surface area contributed by atoms with Crippen LogP contribution in [0.15, 0.2) is 18.2 Å². The fourth-order valence-electron chi connectivity index (χ4n) is 6.04. The molecule has 0 bridgehead atoms. The number of alkyl carbamates (subject to hydrolysis) is 1. The van der Waals surface area contributed by atoms with Gasteiger partial charge in [-0.3, -0.25) is 29.4 Å². The lowest BCUT2D eigenvalue weighted by Gasteiger charge is -2.32. The molecule has 2 unspecified atom stereocenters. The molecule has 11 nitrogen and oxygen atoms in total. The highest BCUT2D eigenvalue weighted by molar-refractivity contribution is 6.07. The fourth-order valence-corrected chi connectivity index (χ4v) is 6.04. The second-order valence-electron chi connectivity index (χ2n) is 13.5. The van der Waals surface area contributed by atoms with E-state index in [2.05, 4.69) is 16.0 Å². The van der Waals surface area contributed by atoms with Crippen LogP contribution in [0.4, 0.5) is 10.5 Å². The van der Waals surface area contributed by atoms with E-state index >= 15 is 0 Å². The van der Waals surface area contributed by atoms with Crippen LogP contribution >= 0.6 is 0 Å². The molecule has 2 heterocycles. The Morgan fingerprint density at radius 2 is 1.46 bits per heavy atom. The van der Waals surface area contributed by atoms with Crippen molar-refractivity contribution in [2.24, 2.45) is 0 Å². The molecule has 0 saturated carbocycles. The molecule has 256 valence electrons.